The van der Waals surface area contributed by atoms with Crippen LogP contribution in [0.4, 0.5) is 13.2 Å². The number of nitrogens with zero attached hydrogens (tertiary/aromatic N) is 1. The van der Waals surface area contributed by atoms with Gasteiger partial charge in [-0.1, -0.05) is 6.07 Å². The van der Waals surface area contributed by atoms with Crippen molar-refractivity contribution < 1.29 is 27.8 Å². The Hall–Kier alpha value is -1.76. The van der Waals surface area contributed by atoms with E-state index in [0.717, 1.165) is 25.3 Å². The van der Waals surface area contributed by atoms with Gasteiger partial charge in [0.05, 0.1) is 17.3 Å². The molecule has 4 nitrogen and oxygen atoms in total. The van der Waals surface area contributed by atoms with Gasteiger partial charge in [0, 0.05) is 24.4 Å². The average Bonchev–Trinajstić information content (AvgIpc) is 2.95. The summed E-state index contributed by atoms with van der Waals surface area (Å²) in [6, 6.07) is 4.12. The van der Waals surface area contributed by atoms with Gasteiger partial charge < -0.3 is 14.7 Å². The van der Waals surface area contributed by atoms with Crippen LogP contribution in [0.2, 0.25) is 0 Å². The van der Waals surface area contributed by atoms with Crippen molar-refractivity contribution in [1.29, 1.82) is 0 Å². The van der Waals surface area contributed by atoms with Crippen molar-refractivity contribution in [2.75, 3.05) is 13.1 Å². The topological polar surface area (TPSA) is 49.8 Å². The first-order chi connectivity index (χ1) is 13.0. The Kier molecular flexibility index (Phi) is 4.45. The first-order valence-corrected chi connectivity index (χ1v) is 9.82. The zero-order valence-corrected chi connectivity index (χ0v) is 16.2. The molecule has 1 atom stereocenters. The van der Waals surface area contributed by atoms with Crippen molar-refractivity contribution >= 4 is 5.91 Å². The van der Waals surface area contributed by atoms with Crippen LogP contribution in [0.1, 0.15) is 50.2 Å². The molecule has 2 aliphatic carbocycles. The first-order valence-electron chi connectivity index (χ1n) is 9.82. The molecule has 0 bridgehead atoms. The van der Waals surface area contributed by atoms with Crippen molar-refractivity contribution in [3.63, 3.8) is 0 Å². The summed E-state index contributed by atoms with van der Waals surface area (Å²) in [7, 11) is 0. The molecule has 4 rings (SSSR count). The molecule has 2 saturated carbocycles. The molecule has 1 saturated heterocycles. The molecule has 0 aromatic heterocycles. The van der Waals surface area contributed by atoms with E-state index >= 15 is 0 Å². The second-order valence-corrected chi connectivity index (χ2v) is 9.25. The highest BCUT2D eigenvalue weighted by Gasteiger charge is 2.53. The predicted molar refractivity (Wildman–Crippen MR) is 96.8 cm³/mol. The Morgan fingerprint density at radius 1 is 1.25 bits per heavy atom. The Morgan fingerprint density at radius 2 is 1.93 bits per heavy atom. The van der Waals surface area contributed by atoms with Crippen molar-refractivity contribution in [1.82, 2.24) is 4.90 Å². The van der Waals surface area contributed by atoms with Gasteiger partial charge in [0.25, 0.3) is 0 Å². The van der Waals surface area contributed by atoms with Gasteiger partial charge in [-0.15, -0.1) is 0 Å². The van der Waals surface area contributed by atoms with Crippen molar-refractivity contribution in [3.05, 3.63) is 29.3 Å². The van der Waals surface area contributed by atoms with E-state index in [4.69, 9.17) is 4.74 Å². The molecule has 3 aliphatic rings. The van der Waals surface area contributed by atoms with E-state index in [-0.39, 0.29) is 34.7 Å². The molecular formula is C21H26F3NO3. The summed E-state index contributed by atoms with van der Waals surface area (Å²) in [5.41, 5.74) is -1.15. The van der Waals surface area contributed by atoms with E-state index < -0.39 is 17.3 Å². The number of rotatable bonds is 3. The number of alkyl halides is 3. The Morgan fingerprint density at radius 3 is 2.54 bits per heavy atom. The summed E-state index contributed by atoms with van der Waals surface area (Å²) in [4.78, 5) is 14.3. The number of ether oxygens (including phenoxy) is 1. The fourth-order valence-corrected chi connectivity index (χ4v) is 5.07. The van der Waals surface area contributed by atoms with Crippen LogP contribution in [0.5, 0.6) is 5.75 Å². The highest BCUT2D eigenvalue weighted by Crippen LogP contribution is 2.49. The summed E-state index contributed by atoms with van der Waals surface area (Å²) < 4.78 is 45.1. The molecule has 3 fully saturated rings. The summed E-state index contributed by atoms with van der Waals surface area (Å²) in [5.74, 6) is 0.299. The smallest absolute Gasteiger partial charge is 0.416 e. The number of aliphatic hydroxyl groups is 1. The molecule has 1 aliphatic heterocycles. The third-order valence-corrected chi connectivity index (χ3v) is 6.56. The Labute approximate surface area is 162 Å². The largest absolute Gasteiger partial charge is 0.490 e. The molecule has 28 heavy (non-hydrogen) atoms. The van der Waals surface area contributed by atoms with E-state index in [0.29, 0.717) is 25.9 Å². The highest BCUT2D eigenvalue weighted by molar-refractivity contribution is 5.81. The van der Waals surface area contributed by atoms with Crippen molar-refractivity contribution in [2.24, 2.45) is 11.3 Å². The quantitative estimate of drug-likeness (QED) is 0.841. The summed E-state index contributed by atoms with van der Waals surface area (Å²) in [6.07, 6.45) is -0.996. The number of carbonyl (C=O) groups excluding carboxylic acids is 1. The lowest BCUT2D eigenvalue weighted by Gasteiger charge is -2.51. The van der Waals surface area contributed by atoms with E-state index in [1.54, 1.807) is 13.0 Å². The lowest BCUT2D eigenvalue weighted by atomic mass is 9.70. The molecule has 1 N–H and O–H groups in total. The average molecular weight is 397 g/mol. The second kappa shape index (κ2) is 6.37. The van der Waals surface area contributed by atoms with Gasteiger partial charge >= 0.3 is 6.18 Å². The minimum Gasteiger partial charge on any atom is -0.490 e. The number of likely N-dealkylation sites (tertiary alicyclic amines) is 1. The van der Waals surface area contributed by atoms with Gasteiger partial charge in [0.2, 0.25) is 5.91 Å². The molecule has 7 heteroatoms. The molecular weight excluding hydrogens is 371 g/mol. The van der Waals surface area contributed by atoms with Crippen LogP contribution in [0, 0.1) is 18.3 Å². The summed E-state index contributed by atoms with van der Waals surface area (Å²) >= 11 is 0. The van der Waals surface area contributed by atoms with Gasteiger partial charge in [0.15, 0.2) is 0 Å². The fourth-order valence-electron chi connectivity index (χ4n) is 5.07. The highest BCUT2D eigenvalue weighted by atomic mass is 19.4. The molecule has 1 amide bonds. The zero-order chi connectivity index (χ0) is 20.3. The van der Waals surface area contributed by atoms with Crippen LogP contribution >= 0.6 is 0 Å². The second-order valence-electron chi connectivity index (χ2n) is 9.25. The first kappa shape index (κ1) is 19.6. The maximum Gasteiger partial charge on any atom is 0.416 e. The van der Waals surface area contributed by atoms with Gasteiger partial charge in [-0.05, 0) is 63.6 Å². The lowest BCUT2D eigenvalue weighted by Crippen LogP contribution is -2.61. The van der Waals surface area contributed by atoms with Gasteiger partial charge in [-0.25, -0.2) is 0 Å². The number of benzene rings is 1. The zero-order valence-electron chi connectivity index (χ0n) is 16.2. The fraction of sp³-hybridized carbons (Fsp3) is 0.667. The Bertz CT molecular complexity index is 776. The van der Waals surface area contributed by atoms with Crippen LogP contribution in [0.15, 0.2) is 18.2 Å². The normalized spacial score (nSPS) is 31.4. The molecule has 154 valence electrons. The number of hydrogen-bond acceptors (Lipinski definition) is 3. The van der Waals surface area contributed by atoms with Crippen LogP contribution in [-0.2, 0) is 11.0 Å². The minimum absolute atomic E-state index is 0.0319. The van der Waals surface area contributed by atoms with E-state index in [9.17, 15) is 23.1 Å². The molecule has 1 heterocycles. The maximum atomic E-state index is 13.1. The third-order valence-electron chi connectivity index (χ3n) is 6.56. The molecule has 0 unspecified atom stereocenters. The van der Waals surface area contributed by atoms with Crippen LogP contribution in [0.25, 0.3) is 0 Å². The Balaban J connectivity index is 1.32. The number of halogens is 3. The van der Waals surface area contributed by atoms with Crippen LogP contribution in [0.3, 0.4) is 0 Å². The number of hydrogen-bond donors (Lipinski definition) is 1. The van der Waals surface area contributed by atoms with Gasteiger partial charge in [-0.3, -0.25) is 4.79 Å². The van der Waals surface area contributed by atoms with E-state index in [1.165, 1.54) is 13.0 Å². The third kappa shape index (κ3) is 3.61. The summed E-state index contributed by atoms with van der Waals surface area (Å²) in [5, 5.41) is 9.81. The summed E-state index contributed by atoms with van der Waals surface area (Å²) in [6.45, 7) is 4.57. The number of carbonyl (C=O) groups is 1. The lowest BCUT2D eigenvalue weighted by molar-refractivity contribution is -0.161. The van der Waals surface area contributed by atoms with E-state index in [1.807, 2.05) is 4.90 Å². The van der Waals surface area contributed by atoms with Crippen molar-refractivity contribution in [3.8, 4) is 5.75 Å². The molecule has 1 spiro atoms. The molecule has 1 aromatic rings. The van der Waals surface area contributed by atoms with Crippen LogP contribution in [-0.4, -0.2) is 40.7 Å². The van der Waals surface area contributed by atoms with Gasteiger partial charge in [0.1, 0.15) is 5.75 Å². The molecule has 1 aromatic carbocycles. The predicted octanol–water partition coefficient (Wildman–Crippen LogP) is 3.93. The number of amides is 1. The van der Waals surface area contributed by atoms with Crippen molar-refractivity contribution in [2.45, 2.75) is 63.8 Å². The van der Waals surface area contributed by atoms with E-state index in [2.05, 4.69) is 0 Å². The number of aryl methyl sites for hydroxylation is 1. The minimum atomic E-state index is -4.39. The SMILES string of the molecule is Cc1ccc(O[C@@H]2CCC3(C2)CN(C(=O)C2CC(C)(O)C2)C3)cc1C(F)(F)F. The molecule has 0 radical (unpaired) electrons. The standard InChI is InChI=1S/C21H26F3NO3/c1-13-3-4-15(7-17(13)21(22,23)24)28-16-5-6-20(10-16)11-25(12-20)18(26)14-8-19(2,27)9-14/h3-4,7,14,16,27H,5-6,8-12H2,1-2H3/t14?,16-,19?/m1/s1. The van der Waals surface area contributed by atoms with Gasteiger partial charge in [-0.2, -0.15) is 13.2 Å². The maximum absolute atomic E-state index is 13.1. The monoisotopic (exact) mass is 397 g/mol. The van der Waals surface area contributed by atoms with Crippen LogP contribution < -0.4 is 4.74 Å².